The van der Waals surface area contributed by atoms with Gasteiger partial charge in [-0.1, -0.05) is 28.1 Å². The Morgan fingerprint density at radius 2 is 2.00 bits per heavy atom. The number of hydrogen-bond donors (Lipinski definition) is 1. The maximum absolute atomic E-state index is 13.0. The highest BCUT2D eigenvalue weighted by molar-refractivity contribution is 9.10. The van der Waals surface area contributed by atoms with Crippen molar-refractivity contribution in [2.24, 2.45) is 0 Å². The molecule has 2 amide bonds. The second-order valence-corrected chi connectivity index (χ2v) is 7.52. The van der Waals surface area contributed by atoms with Crippen molar-refractivity contribution in [2.45, 2.75) is 26.4 Å². The number of carbonyl (C=O) groups excluding carboxylic acids is 2. The summed E-state index contributed by atoms with van der Waals surface area (Å²) >= 11 is 3.40. The summed E-state index contributed by atoms with van der Waals surface area (Å²) in [6.45, 7) is 3.76. The standard InChI is InChI=1S/C21H24BrN3O6/c1-4-23-21(27)14(2)24(12-15-6-5-7-16(22)10-15)20(26)13-31-17-8-9-18(25(28)29)19(11-17)30-3/h5-11,14H,4,12-13H2,1-3H3,(H,23,27)/t14-/m1/s1. The molecule has 0 aromatic heterocycles. The van der Waals surface area contributed by atoms with Crippen LogP contribution in [0.4, 0.5) is 5.69 Å². The fourth-order valence-corrected chi connectivity index (χ4v) is 3.31. The molecular weight excluding hydrogens is 470 g/mol. The lowest BCUT2D eigenvalue weighted by molar-refractivity contribution is -0.385. The number of carbonyl (C=O) groups is 2. The van der Waals surface area contributed by atoms with E-state index in [1.54, 1.807) is 13.8 Å². The molecule has 166 valence electrons. The molecule has 10 heteroatoms. The van der Waals surface area contributed by atoms with E-state index in [0.717, 1.165) is 10.0 Å². The van der Waals surface area contributed by atoms with E-state index < -0.39 is 16.9 Å². The molecule has 0 fully saturated rings. The molecule has 0 aliphatic rings. The van der Waals surface area contributed by atoms with Gasteiger partial charge in [0, 0.05) is 29.7 Å². The molecule has 2 rings (SSSR count). The van der Waals surface area contributed by atoms with Gasteiger partial charge >= 0.3 is 5.69 Å². The number of ether oxygens (including phenoxy) is 2. The number of amides is 2. The maximum Gasteiger partial charge on any atom is 0.311 e. The Morgan fingerprint density at radius 1 is 1.26 bits per heavy atom. The van der Waals surface area contributed by atoms with Crippen molar-refractivity contribution >= 4 is 33.4 Å². The van der Waals surface area contributed by atoms with Crippen molar-refractivity contribution in [1.29, 1.82) is 0 Å². The van der Waals surface area contributed by atoms with Gasteiger partial charge < -0.3 is 19.7 Å². The van der Waals surface area contributed by atoms with Crippen LogP contribution in [0.1, 0.15) is 19.4 Å². The minimum Gasteiger partial charge on any atom is -0.490 e. The Labute approximate surface area is 188 Å². The first kappa shape index (κ1) is 24.1. The van der Waals surface area contributed by atoms with E-state index in [-0.39, 0.29) is 36.2 Å². The molecule has 1 atom stereocenters. The topological polar surface area (TPSA) is 111 Å². The van der Waals surface area contributed by atoms with E-state index in [1.807, 2.05) is 24.3 Å². The van der Waals surface area contributed by atoms with E-state index in [1.165, 1.54) is 30.2 Å². The van der Waals surface area contributed by atoms with Gasteiger partial charge in [-0.25, -0.2) is 0 Å². The Kier molecular flexibility index (Phi) is 8.80. The van der Waals surface area contributed by atoms with Crippen LogP contribution in [-0.4, -0.2) is 47.9 Å². The molecule has 0 unspecified atom stereocenters. The number of rotatable bonds is 10. The van der Waals surface area contributed by atoms with Crippen molar-refractivity contribution in [3.05, 3.63) is 62.6 Å². The fraction of sp³-hybridized carbons (Fsp3) is 0.333. The molecule has 31 heavy (non-hydrogen) atoms. The first-order chi connectivity index (χ1) is 14.8. The van der Waals surface area contributed by atoms with Crippen LogP contribution in [0.3, 0.4) is 0 Å². The normalized spacial score (nSPS) is 11.4. The third-order valence-corrected chi connectivity index (χ3v) is 4.96. The predicted octanol–water partition coefficient (Wildman–Crippen LogP) is 3.30. The summed E-state index contributed by atoms with van der Waals surface area (Å²) in [4.78, 5) is 37.2. The Balaban J connectivity index is 2.18. The molecule has 9 nitrogen and oxygen atoms in total. The highest BCUT2D eigenvalue weighted by atomic mass is 79.9. The van der Waals surface area contributed by atoms with Crippen LogP contribution in [0.2, 0.25) is 0 Å². The van der Waals surface area contributed by atoms with E-state index in [4.69, 9.17) is 9.47 Å². The molecule has 0 spiro atoms. The number of likely N-dealkylation sites (N-methyl/N-ethyl adjacent to an activating group) is 1. The zero-order valence-electron chi connectivity index (χ0n) is 17.5. The van der Waals surface area contributed by atoms with Gasteiger partial charge in [0.1, 0.15) is 11.8 Å². The summed E-state index contributed by atoms with van der Waals surface area (Å²) in [5.74, 6) is -0.417. The van der Waals surface area contributed by atoms with E-state index in [0.29, 0.717) is 6.54 Å². The van der Waals surface area contributed by atoms with Gasteiger partial charge in [-0.15, -0.1) is 0 Å². The van der Waals surface area contributed by atoms with Crippen LogP contribution in [0.15, 0.2) is 46.9 Å². The summed E-state index contributed by atoms with van der Waals surface area (Å²) < 4.78 is 11.4. The van der Waals surface area contributed by atoms with Gasteiger partial charge in [-0.05, 0) is 37.6 Å². The number of nitro groups is 1. The van der Waals surface area contributed by atoms with E-state index in [9.17, 15) is 19.7 Å². The van der Waals surface area contributed by atoms with Crippen molar-refractivity contribution in [3.8, 4) is 11.5 Å². The maximum atomic E-state index is 13.0. The molecule has 0 radical (unpaired) electrons. The largest absolute Gasteiger partial charge is 0.490 e. The molecule has 0 saturated heterocycles. The van der Waals surface area contributed by atoms with E-state index >= 15 is 0 Å². The molecule has 0 heterocycles. The van der Waals surface area contributed by atoms with E-state index in [2.05, 4.69) is 21.2 Å². The highest BCUT2D eigenvalue weighted by Gasteiger charge is 2.26. The quantitative estimate of drug-likeness (QED) is 0.401. The van der Waals surface area contributed by atoms with Crippen molar-refractivity contribution in [3.63, 3.8) is 0 Å². The number of halogens is 1. The highest BCUT2D eigenvalue weighted by Crippen LogP contribution is 2.30. The number of nitrogens with zero attached hydrogens (tertiary/aromatic N) is 2. The summed E-state index contributed by atoms with van der Waals surface area (Å²) in [6, 6.07) is 10.7. The Morgan fingerprint density at radius 3 is 2.61 bits per heavy atom. The van der Waals surface area contributed by atoms with Crippen LogP contribution >= 0.6 is 15.9 Å². The lowest BCUT2D eigenvalue weighted by Gasteiger charge is -2.28. The fourth-order valence-electron chi connectivity index (χ4n) is 2.86. The van der Waals surface area contributed by atoms with Gasteiger partial charge in [0.05, 0.1) is 12.0 Å². The molecule has 1 N–H and O–H groups in total. The number of methoxy groups -OCH3 is 1. The number of benzene rings is 2. The van der Waals surface area contributed by atoms with Crippen LogP contribution < -0.4 is 14.8 Å². The molecule has 2 aromatic carbocycles. The third kappa shape index (κ3) is 6.68. The second kappa shape index (κ2) is 11.3. The van der Waals surface area contributed by atoms with Crippen molar-refractivity contribution in [1.82, 2.24) is 10.2 Å². The van der Waals surface area contributed by atoms with Crippen LogP contribution in [-0.2, 0) is 16.1 Å². The minimum absolute atomic E-state index is 0.0247. The zero-order valence-corrected chi connectivity index (χ0v) is 19.0. The van der Waals surface area contributed by atoms with Crippen molar-refractivity contribution < 1.29 is 24.0 Å². The van der Waals surface area contributed by atoms with Gasteiger partial charge in [0.25, 0.3) is 5.91 Å². The predicted molar refractivity (Wildman–Crippen MR) is 118 cm³/mol. The average molecular weight is 494 g/mol. The zero-order chi connectivity index (χ0) is 23.0. The minimum atomic E-state index is -0.721. The Hall–Kier alpha value is -3.14. The number of nitrogens with one attached hydrogen (secondary N) is 1. The molecule has 0 bridgehead atoms. The first-order valence-electron chi connectivity index (χ1n) is 9.53. The summed E-state index contributed by atoms with van der Waals surface area (Å²) in [5.41, 5.74) is 0.637. The summed E-state index contributed by atoms with van der Waals surface area (Å²) in [7, 11) is 1.31. The van der Waals surface area contributed by atoms with Crippen LogP contribution in [0, 0.1) is 10.1 Å². The number of hydrogen-bond acceptors (Lipinski definition) is 6. The second-order valence-electron chi connectivity index (χ2n) is 6.60. The third-order valence-electron chi connectivity index (χ3n) is 4.47. The Bertz CT molecular complexity index is 952. The smallest absolute Gasteiger partial charge is 0.311 e. The molecule has 2 aromatic rings. The number of nitro benzene ring substituents is 1. The monoisotopic (exact) mass is 493 g/mol. The lowest BCUT2D eigenvalue weighted by Crippen LogP contribution is -2.49. The lowest BCUT2D eigenvalue weighted by atomic mass is 10.1. The molecule has 0 aliphatic carbocycles. The summed E-state index contributed by atoms with van der Waals surface area (Å²) in [5, 5.41) is 13.7. The molecule has 0 saturated carbocycles. The van der Waals surface area contributed by atoms with Gasteiger partial charge in [0.2, 0.25) is 11.7 Å². The van der Waals surface area contributed by atoms with Crippen LogP contribution in [0.5, 0.6) is 11.5 Å². The SMILES string of the molecule is CCNC(=O)[C@@H](C)N(Cc1cccc(Br)c1)C(=O)COc1ccc([N+](=O)[O-])c(OC)c1. The van der Waals surface area contributed by atoms with Gasteiger partial charge in [0.15, 0.2) is 6.61 Å². The van der Waals surface area contributed by atoms with Gasteiger partial charge in [-0.3, -0.25) is 19.7 Å². The van der Waals surface area contributed by atoms with Crippen molar-refractivity contribution in [2.75, 3.05) is 20.3 Å². The van der Waals surface area contributed by atoms with Crippen LogP contribution in [0.25, 0.3) is 0 Å². The summed E-state index contributed by atoms with van der Waals surface area (Å²) in [6.07, 6.45) is 0. The first-order valence-corrected chi connectivity index (χ1v) is 10.3. The van der Waals surface area contributed by atoms with Gasteiger partial charge in [-0.2, -0.15) is 0 Å². The average Bonchev–Trinajstić information content (AvgIpc) is 2.75. The molecule has 0 aliphatic heterocycles. The molecular formula is C21H24BrN3O6.